The van der Waals surface area contributed by atoms with Gasteiger partial charge in [0.25, 0.3) is 0 Å². The van der Waals surface area contributed by atoms with Crippen molar-refractivity contribution in [2.75, 3.05) is 6.54 Å². The zero-order chi connectivity index (χ0) is 7.40. The van der Waals surface area contributed by atoms with E-state index in [1.807, 2.05) is 13.1 Å². The lowest BCUT2D eigenvalue weighted by atomic mass is 10.2. The predicted molar refractivity (Wildman–Crippen MR) is 44.8 cm³/mol. The average Bonchev–Trinajstić information content (AvgIpc) is 2.14. The first-order valence-electron chi connectivity index (χ1n) is 3.57. The zero-order valence-electron chi connectivity index (χ0n) is 6.46. The van der Waals surface area contributed by atoms with Crippen LogP contribution in [0.15, 0.2) is 21.6 Å². The Kier molecular flexibility index (Phi) is 2.37. The van der Waals surface area contributed by atoms with Crippen LogP contribution in [0.1, 0.15) is 20.3 Å². The van der Waals surface area contributed by atoms with E-state index in [-0.39, 0.29) is 0 Å². The molecule has 0 atom stereocenters. The first-order chi connectivity index (χ1) is 4.83. The highest BCUT2D eigenvalue weighted by Gasteiger charge is 1.93. The zero-order valence-corrected chi connectivity index (χ0v) is 6.46. The summed E-state index contributed by atoms with van der Waals surface area (Å²) in [6.45, 7) is 4.83. The van der Waals surface area contributed by atoms with E-state index in [2.05, 4.69) is 23.0 Å². The third-order valence-electron chi connectivity index (χ3n) is 1.50. The Hall–Kier alpha value is -0.920. The molecule has 0 bridgehead atoms. The Morgan fingerprint density at radius 2 is 2.40 bits per heavy atom. The molecule has 0 saturated carbocycles. The lowest BCUT2D eigenvalue weighted by molar-refractivity contribution is 1.14. The molecule has 1 rings (SSSR count). The van der Waals surface area contributed by atoms with Crippen molar-refractivity contribution in [3.05, 3.63) is 11.6 Å². The summed E-state index contributed by atoms with van der Waals surface area (Å²) in [4.78, 5) is 8.30. The van der Waals surface area contributed by atoms with Gasteiger partial charge < -0.3 is 0 Å². The summed E-state index contributed by atoms with van der Waals surface area (Å²) in [6.07, 6.45) is 5.05. The number of rotatable bonds is 1. The molecule has 0 radical (unpaired) electrons. The molecular weight excluding hydrogens is 124 g/mol. The van der Waals surface area contributed by atoms with Gasteiger partial charge in [0.1, 0.15) is 5.84 Å². The van der Waals surface area contributed by atoms with Crippen molar-refractivity contribution in [3.63, 3.8) is 0 Å². The van der Waals surface area contributed by atoms with Crippen LogP contribution in [0.3, 0.4) is 0 Å². The van der Waals surface area contributed by atoms with E-state index in [0.717, 1.165) is 18.8 Å². The van der Waals surface area contributed by atoms with Gasteiger partial charge in [-0.25, -0.2) is 4.99 Å². The molecule has 1 aliphatic heterocycles. The smallest absolute Gasteiger partial charge is 0.120 e. The Bertz CT molecular complexity index is 199. The van der Waals surface area contributed by atoms with E-state index < -0.39 is 0 Å². The van der Waals surface area contributed by atoms with Gasteiger partial charge in [-0.1, -0.05) is 13.0 Å². The summed E-state index contributed by atoms with van der Waals surface area (Å²) in [5, 5.41) is 0. The molecule has 0 aliphatic carbocycles. The van der Waals surface area contributed by atoms with Gasteiger partial charge in [0.05, 0.1) is 6.54 Å². The molecule has 10 heavy (non-hydrogen) atoms. The maximum absolute atomic E-state index is 4.16. The van der Waals surface area contributed by atoms with Crippen LogP contribution < -0.4 is 0 Å². The molecule has 54 valence electrons. The quantitative estimate of drug-likeness (QED) is 0.525. The topological polar surface area (TPSA) is 24.7 Å². The van der Waals surface area contributed by atoms with Crippen molar-refractivity contribution in [2.24, 2.45) is 9.98 Å². The molecule has 0 aromatic rings. The second kappa shape index (κ2) is 3.30. The van der Waals surface area contributed by atoms with Crippen molar-refractivity contribution in [3.8, 4) is 0 Å². The fraction of sp³-hybridized carbons (Fsp3) is 0.500. The predicted octanol–water partition coefficient (Wildman–Crippen LogP) is 1.83. The van der Waals surface area contributed by atoms with Crippen molar-refractivity contribution < 1.29 is 0 Å². The first kappa shape index (κ1) is 7.19. The van der Waals surface area contributed by atoms with Crippen LogP contribution in [0.5, 0.6) is 0 Å². The van der Waals surface area contributed by atoms with Crippen LogP contribution in [-0.4, -0.2) is 18.6 Å². The normalized spacial score (nSPS) is 17.8. The maximum atomic E-state index is 4.16. The molecule has 0 aromatic heterocycles. The van der Waals surface area contributed by atoms with Crippen LogP contribution in [-0.2, 0) is 0 Å². The molecule has 0 N–H and O–H groups in total. The van der Waals surface area contributed by atoms with E-state index in [1.165, 1.54) is 5.57 Å². The molecule has 0 unspecified atom stereocenters. The number of hydrogen-bond donors (Lipinski definition) is 0. The van der Waals surface area contributed by atoms with E-state index >= 15 is 0 Å². The van der Waals surface area contributed by atoms with Gasteiger partial charge in [0, 0.05) is 6.21 Å². The minimum absolute atomic E-state index is 0.787. The number of hydrogen-bond acceptors (Lipinski definition) is 2. The first-order valence-corrected chi connectivity index (χ1v) is 3.57. The van der Waals surface area contributed by atoms with Gasteiger partial charge in [-0.3, -0.25) is 4.99 Å². The average molecular weight is 136 g/mol. The molecule has 0 aromatic carbocycles. The third-order valence-corrected chi connectivity index (χ3v) is 1.50. The number of aliphatic imine (C=N–C) groups is 2. The molecule has 1 heterocycles. The second-order valence-electron chi connectivity index (χ2n) is 2.28. The summed E-state index contributed by atoms with van der Waals surface area (Å²) in [6, 6.07) is 0. The Morgan fingerprint density at radius 3 is 3.10 bits per heavy atom. The lowest BCUT2D eigenvalue weighted by Crippen LogP contribution is -1.84. The summed E-state index contributed by atoms with van der Waals surface area (Å²) in [7, 11) is 0. The van der Waals surface area contributed by atoms with Crippen LogP contribution in [0.25, 0.3) is 0 Å². The van der Waals surface area contributed by atoms with Gasteiger partial charge in [-0.05, 0) is 18.9 Å². The van der Waals surface area contributed by atoms with Crippen molar-refractivity contribution in [1.29, 1.82) is 0 Å². The third kappa shape index (κ3) is 1.79. The fourth-order valence-corrected chi connectivity index (χ4v) is 0.800. The molecular formula is C8H12N2. The molecule has 0 spiro atoms. The van der Waals surface area contributed by atoms with Crippen LogP contribution in [0.2, 0.25) is 0 Å². The highest BCUT2D eigenvalue weighted by atomic mass is 14.9. The lowest BCUT2D eigenvalue weighted by Gasteiger charge is -1.89. The highest BCUT2D eigenvalue weighted by Crippen LogP contribution is 2.00. The monoisotopic (exact) mass is 136 g/mol. The molecule has 0 amide bonds. The van der Waals surface area contributed by atoms with E-state index in [9.17, 15) is 0 Å². The summed E-state index contributed by atoms with van der Waals surface area (Å²) >= 11 is 0. The van der Waals surface area contributed by atoms with E-state index in [4.69, 9.17) is 0 Å². The minimum atomic E-state index is 0.787. The summed E-state index contributed by atoms with van der Waals surface area (Å²) in [5.74, 6) is 0.875. The molecule has 2 heteroatoms. The maximum Gasteiger partial charge on any atom is 0.120 e. The highest BCUT2D eigenvalue weighted by molar-refractivity contribution is 5.94. The SMILES string of the molecule is CCC1=CCN=C(C)N=C1. The largest absolute Gasteiger partial charge is 0.267 e. The van der Waals surface area contributed by atoms with Crippen LogP contribution >= 0.6 is 0 Å². The molecule has 0 saturated heterocycles. The van der Waals surface area contributed by atoms with Gasteiger partial charge in [-0.2, -0.15) is 0 Å². The van der Waals surface area contributed by atoms with Gasteiger partial charge in [-0.15, -0.1) is 0 Å². The Morgan fingerprint density at radius 1 is 1.60 bits per heavy atom. The second-order valence-corrected chi connectivity index (χ2v) is 2.28. The number of allylic oxidation sites excluding steroid dienone is 1. The molecule has 2 nitrogen and oxygen atoms in total. The van der Waals surface area contributed by atoms with Gasteiger partial charge >= 0.3 is 0 Å². The van der Waals surface area contributed by atoms with E-state index in [0.29, 0.717) is 0 Å². The van der Waals surface area contributed by atoms with Crippen LogP contribution in [0, 0.1) is 0 Å². The summed E-state index contributed by atoms with van der Waals surface area (Å²) in [5.41, 5.74) is 1.28. The van der Waals surface area contributed by atoms with E-state index in [1.54, 1.807) is 0 Å². The Labute approximate surface area is 61.4 Å². The summed E-state index contributed by atoms with van der Waals surface area (Å²) < 4.78 is 0. The minimum Gasteiger partial charge on any atom is -0.267 e. The van der Waals surface area contributed by atoms with Gasteiger partial charge in [0.15, 0.2) is 0 Å². The van der Waals surface area contributed by atoms with Crippen molar-refractivity contribution in [2.45, 2.75) is 20.3 Å². The Balaban J connectivity index is 2.69. The standard InChI is InChI=1S/C8H12N2/c1-3-8-4-5-9-7(2)10-6-8/h4,6H,3,5H2,1-2H3. The van der Waals surface area contributed by atoms with Crippen molar-refractivity contribution >= 4 is 12.1 Å². The number of amidine groups is 1. The molecule has 1 aliphatic rings. The van der Waals surface area contributed by atoms with Gasteiger partial charge in [0.2, 0.25) is 0 Å². The number of nitrogens with zero attached hydrogens (tertiary/aromatic N) is 2. The fourth-order valence-electron chi connectivity index (χ4n) is 0.800. The van der Waals surface area contributed by atoms with Crippen molar-refractivity contribution in [1.82, 2.24) is 0 Å². The molecule has 0 fully saturated rings. The van der Waals surface area contributed by atoms with Crippen LogP contribution in [0.4, 0.5) is 0 Å².